The number of hydrogen-bond donors (Lipinski definition) is 2. The van der Waals surface area contributed by atoms with Gasteiger partial charge in [0.05, 0.1) is 23.9 Å². The van der Waals surface area contributed by atoms with Crippen LogP contribution in [-0.2, 0) is 27.7 Å². The number of hydrogen-bond acceptors (Lipinski definition) is 5. The number of alkyl halides is 3. The number of nitrogens with zero attached hydrogens (tertiary/aromatic N) is 4. The number of nitriles is 1. The minimum absolute atomic E-state index is 0.0496. The van der Waals surface area contributed by atoms with Crippen LogP contribution in [0.1, 0.15) is 40.1 Å². The zero-order valence-electron chi connectivity index (χ0n) is 18.7. The molecule has 12 heteroatoms. The van der Waals surface area contributed by atoms with Crippen LogP contribution in [0.2, 0.25) is 0 Å². The molecule has 8 nitrogen and oxygen atoms in total. The number of fused-ring (bicyclic) bond motifs is 1. The number of primary amides is 2. The molecule has 1 aliphatic heterocycles. The maximum absolute atomic E-state index is 14.3. The zero-order valence-corrected chi connectivity index (χ0v) is 18.7. The van der Waals surface area contributed by atoms with Gasteiger partial charge in [0.25, 0.3) is 5.91 Å². The predicted molar refractivity (Wildman–Crippen MR) is 120 cm³/mol. The first-order valence-corrected chi connectivity index (χ1v) is 10.5. The highest BCUT2D eigenvalue weighted by Crippen LogP contribution is 2.49. The number of carbonyl (C=O) groups is 2. The van der Waals surface area contributed by atoms with Gasteiger partial charge in [-0.1, -0.05) is 18.2 Å². The molecule has 1 aromatic heterocycles. The summed E-state index contributed by atoms with van der Waals surface area (Å²) in [5.74, 6) is -3.09. The Morgan fingerprint density at radius 1 is 1.17 bits per heavy atom. The van der Waals surface area contributed by atoms with Crippen molar-refractivity contribution in [3.63, 3.8) is 0 Å². The average Bonchev–Trinajstić information content (AvgIpc) is 3.15. The van der Waals surface area contributed by atoms with Crippen molar-refractivity contribution < 1.29 is 27.2 Å². The van der Waals surface area contributed by atoms with Crippen molar-refractivity contribution in [2.75, 3.05) is 0 Å². The van der Waals surface area contributed by atoms with Crippen LogP contribution in [0.5, 0.6) is 0 Å². The molecule has 0 aliphatic carbocycles. The van der Waals surface area contributed by atoms with Crippen LogP contribution in [0.3, 0.4) is 0 Å². The van der Waals surface area contributed by atoms with Gasteiger partial charge in [-0.25, -0.2) is 9.38 Å². The molecule has 3 aromatic rings. The van der Waals surface area contributed by atoms with Crippen LogP contribution in [0, 0.1) is 24.1 Å². The molecule has 2 amide bonds. The summed E-state index contributed by atoms with van der Waals surface area (Å²) < 4.78 is 58.0. The largest absolute Gasteiger partial charge is 0.435 e. The van der Waals surface area contributed by atoms with Crippen LogP contribution in [0.4, 0.5) is 23.2 Å². The molecule has 4 N–H and O–H groups in total. The van der Waals surface area contributed by atoms with Gasteiger partial charge in [0.1, 0.15) is 16.9 Å². The highest BCUT2D eigenvalue weighted by molar-refractivity contribution is 6.40. The summed E-state index contributed by atoms with van der Waals surface area (Å²) in [6.45, 7) is 1.22. The van der Waals surface area contributed by atoms with Crippen molar-refractivity contribution in [3.8, 4) is 6.07 Å². The third-order valence-corrected chi connectivity index (χ3v) is 6.13. The monoisotopic (exact) mass is 498 g/mol. The summed E-state index contributed by atoms with van der Waals surface area (Å²) in [6, 6.07) is 11.1. The van der Waals surface area contributed by atoms with E-state index in [9.17, 15) is 27.2 Å². The second-order valence-electron chi connectivity index (χ2n) is 8.30. The smallest absolute Gasteiger partial charge is 0.369 e. The Morgan fingerprint density at radius 3 is 2.39 bits per heavy atom. The lowest BCUT2D eigenvalue weighted by atomic mass is 9.67. The summed E-state index contributed by atoms with van der Waals surface area (Å²) in [6.07, 6.45) is -5.68. The van der Waals surface area contributed by atoms with Gasteiger partial charge in [0, 0.05) is 17.7 Å². The molecule has 1 aliphatic rings. The molecular weight excluding hydrogens is 480 g/mol. The van der Waals surface area contributed by atoms with E-state index >= 15 is 0 Å². The van der Waals surface area contributed by atoms with Gasteiger partial charge < -0.3 is 11.5 Å². The number of aliphatic imine (C=N–C) groups is 1. The molecule has 4 rings (SSSR count). The maximum Gasteiger partial charge on any atom is 0.435 e. The number of halogens is 4. The molecule has 0 saturated heterocycles. The zero-order chi connectivity index (χ0) is 26.4. The fourth-order valence-corrected chi connectivity index (χ4v) is 4.46. The third-order valence-electron chi connectivity index (χ3n) is 6.13. The van der Waals surface area contributed by atoms with E-state index in [1.165, 1.54) is 19.1 Å². The molecule has 1 unspecified atom stereocenters. The van der Waals surface area contributed by atoms with Crippen LogP contribution in [0.25, 0.3) is 0 Å². The van der Waals surface area contributed by atoms with Crippen LogP contribution in [-0.4, -0.2) is 27.3 Å². The lowest BCUT2D eigenvalue weighted by Gasteiger charge is -2.36. The van der Waals surface area contributed by atoms with Crippen molar-refractivity contribution >= 4 is 23.2 Å². The lowest BCUT2D eigenvalue weighted by Crippen LogP contribution is -2.48. The summed E-state index contributed by atoms with van der Waals surface area (Å²) in [7, 11) is 0. The van der Waals surface area contributed by atoms with E-state index in [-0.39, 0.29) is 23.5 Å². The number of amides is 2. The van der Waals surface area contributed by atoms with Crippen LogP contribution in [0.15, 0.2) is 47.5 Å². The SMILES string of the molecule is Cc1c(C2(C(N)=O)CC(C(N)=O)=Nc3cc(F)ccc32)c(C(F)(F)F)nn1Cc1ccc(C#N)cc1. The number of aromatic nitrogens is 2. The average molecular weight is 498 g/mol. The predicted octanol–water partition coefficient (Wildman–Crippen LogP) is 3.00. The van der Waals surface area contributed by atoms with E-state index in [2.05, 4.69) is 10.1 Å². The van der Waals surface area contributed by atoms with Gasteiger partial charge >= 0.3 is 6.18 Å². The Balaban J connectivity index is 2.01. The number of nitrogens with two attached hydrogens (primary N) is 2. The van der Waals surface area contributed by atoms with E-state index in [1.54, 1.807) is 12.1 Å². The van der Waals surface area contributed by atoms with Gasteiger partial charge in [0.2, 0.25) is 5.91 Å². The Hall–Kier alpha value is -4.53. The normalized spacial score (nSPS) is 17.2. The van der Waals surface area contributed by atoms with Gasteiger partial charge in [-0.05, 0) is 42.3 Å². The minimum Gasteiger partial charge on any atom is -0.369 e. The van der Waals surface area contributed by atoms with E-state index in [1.807, 2.05) is 6.07 Å². The second kappa shape index (κ2) is 8.60. The van der Waals surface area contributed by atoms with Gasteiger partial charge in [-0.2, -0.15) is 23.5 Å². The Labute approximate surface area is 201 Å². The standard InChI is InChI=1S/C24H18F4N6O2/c1-12-19(20(24(26,27)28)33-34(12)11-14-4-2-13(10-29)3-5-14)23(22(31)36)9-18(21(30)35)32-17-8-15(25)6-7-16(17)23/h2-8H,9,11H2,1H3,(H2,30,35)(H2,31,36). The molecule has 2 aromatic carbocycles. The number of carbonyl (C=O) groups excluding carboxylic acids is 2. The minimum atomic E-state index is -5.01. The van der Waals surface area contributed by atoms with E-state index in [0.29, 0.717) is 11.1 Å². The van der Waals surface area contributed by atoms with Crippen LogP contribution < -0.4 is 11.5 Å². The van der Waals surface area contributed by atoms with E-state index in [4.69, 9.17) is 16.7 Å². The van der Waals surface area contributed by atoms with E-state index in [0.717, 1.165) is 22.9 Å². The van der Waals surface area contributed by atoms with E-state index < -0.39 is 52.6 Å². The molecule has 36 heavy (non-hydrogen) atoms. The van der Waals surface area contributed by atoms with Gasteiger partial charge in [-0.3, -0.25) is 14.3 Å². The van der Waals surface area contributed by atoms with Crippen molar-refractivity contribution in [1.29, 1.82) is 5.26 Å². The fraction of sp³-hybridized carbons (Fsp3) is 0.208. The third kappa shape index (κ3) is 3.98. The molecule has 0 saturated carbocycles. The van der Waals surface area contributed by atoms with Gasteiger partial charge in [0.15, 0.2) is 5.69 Å². The maximum atomic E-state index is 14.3. The van der Waals surface area contributed by atoms with Gasteiger partial charge in [-0.15, -0.1) is 0 Å². The topological polar surface area (TPSA) is 140 Å². The quantitative estimate of drug-likeness (QED) is 0.522. The molecule has 1 atom stereocenters. The first-order chi connectivity index (χ1) is 16.9. The Bertz CT molecular complexity index is 1470. The van der Waals surface area contributed by atoms with Crippen LogP contribution >= 0.6 is 0 Å². The molecule has 0 spiro atoms. The molecule has 0 radical (unpaired) electrons. The molecule has 0 bridgehead atoms. The lowest BCUT2D eigenvalue weighted by molar-refractivity contribution is -0.142. The molecule has 184 valence electrons. The summed E-state index contributed by atoms with van der Waals surface area (Å²) in [5.41, 5.74) is 7.00. The highest BCUT2D eigenvalue weighted by atomic mass is 19.4. The summed E-state index contributed by atoms with van der Waals surface area (Å²) in [4.78, 5) is 29.1. The Morgan fingerprint density at radius 2 is 1.83 bits per heavy atom. The first-order valence-electron chi connectivity index (χ1n) is 10.5. The number of benzene rings is 2. The Kier molecular flexibility index (Phi) is 5.87. The van der Waals surface area contributed by atoms with Crippen molar-refractivity contribution in [2.24, 2.45) is 16.5 Å². The molecule has 0 fully saturated rings. The first kappa shape index (κ1) is 24.6. The summed E-state index contributed by atoms with van der Waals surface area (Å²) >= 11 is 0. The number of rotatable bonds is 5. The molecule has 2 heterocycles. The van der Waals surface area contributed by atoms with Crippen molar-refractivity contribution in [3.05, 3.63) is 81.9 Å². The van der Waals surface area contributed by atoms with Crippen molar-refractivity contribution in [2.45, 2.75) is 31.5 Å². The van der Waals surface area contributed by atoms with Crippen molar-refractivity contribution in [1.82, 2.24) is 9.78 Å². The summed E-state index contributed by atoms with van der Waals surface area (Å²) in [5, 5.41) is 12.7. The highest BCUT2D eigenvalue weighted by Gasteiger charge is 2.54. The fourth-order valence-electron chi connectivity index (χ4n) is 4.46. The molecular formula is C24H18F4N6O2. The second-order valence-corrected chi connectivity index (χ2v) is 8.30.